The number of thioether (sulfide) groups is 1. The summed E-state index contributed by atoms with van der Waals surface area (Å²) in [5.74, 6) is 1.41. The highest BCUT2D eigenvalue weighted by molar-refractivity contribution is 7.98. The molecule has 2 N–H and O–H groups in total. The van der Waals surface area contributed by atoms with Crippen LogP contribution >= 0.6 is 11.8 Å². The summed E-state index contributed by atoms with van der Waals surface area (Å²) in [6, 6.07) is 1.61. The highest BCUT2D eigenvalue weighted by Gasteiger charge is 2.17. The second-order valence-corrected chi connectivity index (χ2v) is 5.06. The Bertz CT molecular complexity index is 608. The average Bonchev–Trinajstić information content (AvgIpc) is 3.11. The number of nitrogens with zero attached hydrogens (tertiary/aromatic N) is 3. The van der Waals surface area contributed by atoms with E-state index in [9.17, 15) is 4.79 Å². The lowest BCUT2D eigenvalue weighted by molar-refractivity contribution is 0.0524. The fourth-order valence-electron chi connectivity index (χ4n) is 1.87. The standard InChI is InChI=1S/C13H18N4O3S/c1-3-17-11(7-14)15-16-13(17)21-8-10-9(5-6-20-10)12(18)19-4-2/h5-6H,3-4,7-8,14H2,1-2H3. The van der Waals surface area contributed by atoms with E-state index in [-0.39, 0.29) is 5.97 Å². The maximum Gasteiger partial charge on any atom is 0.341 e. The quantitative estimate of drug-likeness (QED) is 0.615. The number of nitrogens with two attached hydrogens (primary N) is 1. The Balaban J connectivity index is 2.09. The highest BCUT2D eigenvalue weighted by atomic mass is 32.2. The van der Waals surface area contributed by atoms with E-state index in [2.05, 4.69) is 10.2 Å². The van der Waals surface area contributed by atoms with E-state index in [0.29, 0.717) is 30.2 Å². The molecule has 0 saturated carbocycles. The Morgan fingerprint density at radius 1 is 1.48 bits per heavy atom. The third-order valence-electron chi connectivity index (χ3n) is 2.87. The molecule has 0 saturated heterocycles. The van der Waals surface area contributed by atoms with Crippen molar-refractivity contribution in [3.63, 3.8) is 0 Å². The fourth-order valence-corrected chi connectivity index (χ4v) is 2.84. The molecule has 0 amide bonds. The fraction of sp³-hybridized carbons (Fsp3) is 0.462. The molecule has 2 rings (SSSR count). The van der Waals surface area contributed by atoms with Crippen LogP contribution in [0.5, 0.6) is 0 Å². The van der Waals surface area contributed by atoms with Gasteiger partial charge in [0.2, 0.25) is 0 Å². The Labute approximate surface area is 126 Å². The smallest absolute Gasteiger partial charge is 0.341 e. The number of ether oxygens (including phenoxy) is 1. The molecular formula is C13H18N4O3S. The second kappa shape index (κ2) is 7.28. The van der Waals surface area contributed by atoms with Crippen LogP contribution in [0.2, 0.25) is 0 Å². The minimum absolute atomic E-state index is 0.334. The van der Waals surface area contributed by atoms with Crippen molar-refractivity contribution in [3.8, 4) is 0 Å². The summed E-state index contributed by atoms with van der Waals surface area (Å²) in [6.45, 7) is 5.19. The van der Waals surface area contributed by atoms with E-state index >= 15 is 0 Å². The maximum absolute atomic E-state index is 11.8. The Hall–Kier alpha value is -1.80. The molecule has 0 aliphatic rings. The topological polar surface area (TPSA) is 96.2 Å². The second-order valence-electron chi connectivity index (χ2n) is 4.11. The van der Waals surface area contributed by atoms with Gasteiger partial charge in [-0.05, 0) is 19.9 Å². The van der Waals surface area contributed by atoms with Crippen LogP contribution in [0.1, 0.15) is 35.8 Å². The van der Waals surface area contributed by atoms with Crippen molar-refractivity contribution in [2.45, 2.75) is 37.8 Å². The molecule has 114 valence electrons. The first kappa shape index (κ1) is 15.6. The van der Waals surface area contributed by atoms with Crippen LogP contribution in [-0.4, -0.2) is 27.3 Å². The molecule has 0 bridgehead atoms. The molecule has 0 aliphatic carbocycles. The van der Waals surface area contributed by atoms with Gasteiger partial charge in [0.15, 0.2) is 5.16 Å². The molecule has 2 heterocycles. The first-order chi connectivity index (χ1) is 10.2. The molecule has 0 aliphatic heterocycles. The lowest BCUT2D eigenvalue weighted by Crippen LogP contribution is -2.08. The van der Waals surface area contributed by atoms with Gasteiger partial charge in [-0.15, -0.1) is 10.2 Å². The summed E-state index contributed by atoms with van der Waals surface area (Å²) in [4.78, 5) is 11.8. The molecule has 0 unspecified atom stereocenters. The van der Waals surface area contributed by atoms with Gasteiger partial charge in [-0.2, -0.15) is 0 Å². The SMILES string of the molecule is CCOC(=O)c1ccoc1CSc1nnc(CN)n1CC. The van der Waals surface area contributed by atoms with Crippen molar-refractivity contribution >= 4 is 17.7 Å². The van der Waals surface area contributed by atoms with Crippen LogP contribution in [0.25, 0.3) is 0 Å². The number of carbonyl (C=O) groups excluding carboxylic acids is 1. The summed E-state index contributed by atoms with van der Waals surface area (Å²) >= 11 is 1.45. The van der Waals surface area contributed by atoms with Crippen LogP contribution in [0, 0.1) is 0 Å². The first-order valence-electron chi connectivity index (χ1n) is 6.69. The van der Waals surface area contributed by atoms with Crippen LogP contribution in [0.15, 0.2) is 21.9 Å². The first-order valence-corrected chi connectivity index (χ1v) is 7.68. The van der Waals surface area contributed by atoms with Crippen molar-refractivity contribution in [1.82, 2.24) is 14.8 Å². The predicted molar refractivity (Wildman–Crippen MR) is 77.8 cm³/mol. The molecule has 0 atom stereocenters. The molecule has 0 aromatic carbocycles. The van der Waals surface area contributed by atoms with Crippen molar-refractivity contribution in [1.29, 1.82) is 0 Å². The lowest BCUT2D eigenvalue weighted by atomic mass is 10.3. The van der Waals surface area contributed by atoms with E-state index in [1.165, 1.54) is 18.0 Å². The molecule has 21 heavy (non-hydrogen) atoms. The Morgan fingerprint density at radius 2 is 2.29 bits per heavy atom. The highest BCUT2D eigenvalue weighted by Crippen LogP contribution is 2.24. The number of aromatic nitrogens is 3. The summed E-state index contributed by atoms with van der Waals surface area (Å²) in [6.07, 6.45) is 1.48. The summed E-state index contributed by atoms with van der Waals surface area (Å²) in [5, 5.41) is 8.90. The number of furan rings is 1. The van der Waals surface area contributed by atoms with Gasteiger partial charge in [0.05, 0.1) is 25.2 Å². The Morgan fingerprint density at radius 3 is 2.95 bits per heavy atom. The summed E-state index contributed by atoms with van der Waals surface area (Å²) in [7, 11) is 0. The van der Waals surface area contributed by atoms with E-state index in [1.807, 2.05) is 11.5 Å². The summed E-state index contributed by atoms with van der Waals surface area (Å²) < 4.78 is 12.3. The molecule has 0 spiro atoms. The molecule has 2 aromatic rings. The van der Waals surface area contributed by atoms with Gasteiger partial charge in [0.25, 0.3) is 0 Å². The van der Waals surface area contributed by atoms with Crippen LogP contribution in [-0.2, 0) is 23.6 Å². The van der Waals surface area contributed by atoms with E-state index in [1.54, 1.807) is 13.0 Å². The molecule has 0 radical (unpaired) electrons. The average molecular weight is 310 g/mol. The third-order valence-corrected chi connectivity index (χ3v) is 3.83. The number of carbonyl (C=O) groups is 1. The van der Waals surface area contributed by atoms with Crippen LogP contribution in [0.4, 0.5) is 0 Å². The predicted octanol–water partition coefficient (Wildman–Crippen LogP) is 1.82. The zero-order valence-electron chi connectivity index (χ0n) is 12.0. The zero-order valence-corrected chi connectivity index (χ0v) is 12.9. The molecule has 7 nitrogen and oxygen atoms in total. The third kappa shape index (κ3) is 3.45. The minimum Gasteiger partial charge on any atom is -0.468 e. The van der Waals surface area contributed by atoms with Crippen LogP contribution < -0.4 is 5.73 Å². The number of rotatable bonds is 7. The molecule has 2 aromatic heterocycles. The molecule has 8 heteroatoms. The van der Waals surface area contributed by atoms with Crippen molar-refractivity contribution in [2.75, 3.05) is 6.61 Å². The maximum atomic E-state index is 11.8. The van der Waals surface area contributed by atoms with Crippen molar-refractivity contribution in [3.05, 3.63) is 29.5 Å². The monoisotopic (exact) mass is 310 g/mol. The Kier molecular flexibility index (Phi) is 5.40. The van der Waals surface area contributed by atoms with E-state index < -0.39 is 0 Å². The van der Waals surface area contributed by atoms with Crippen LogP contribution in [0.3, 0.4) is 0 Å². The van der Waals surface area contributed by atoms with Gasteiger partial charge in [-0.25, -0.2) is 4.79 Å². The van der Waals surface area contributed by atoms with Gasteiger partial charge < -0.3 is 19.5 Å². The van der Waals surface area contributed by atoms with Gasteiger partial charge in [-0.3, -0.25) is 0 Å². The summed E-state index contributed by atoms with van der Waals surface area (Å²) in [5.41, 5.74) is 6.07. The molecule has 0 fully saturated rings. The van der Waals surface area contributed by atoms with Crippen molar-refractivity contribution in [2.24, 2.45) is 5.73 Å². The lowest BCUT2D eigenvalue weighted by Gasteiger charge is -2.05. The number of esters is 1. The van der Waals surface area contributed by atoms with Crippen molar-refractivity contribution < 1.29 is 13.9 Å². The van der Waals surface area contributed by atoms with E-state index in [0.717, 1.165) is 17.5 Å². The van der Waals surface area contributed by atoms with Gasteiger partial charge in [-0.1, -0.05) is 11.8 Å². The van der Waals surface area contributed by atoms with Gasteiger partial charge in [0, 0.05) is 6.54 Å². The van der Waals surface area contributed by atoms with E-state index in [4.69, 9.17) is 14.9 Å². The normalized spacial score (nSPS) is 10.8. The number of hydrogen-bond donors (Lipinski definition) is 1. The largest absolute Gasteiger partial charge is 0.468 e. The zero-order chi connectivity index (χ0) is 15.2. The molecular weight excluding hydrogens is 292 g/mol. The minimum atomic E-state index is -0.374. The van der Waals surface area contributed by atoms with Gasteiger partial charge >= 0.3 is 5.97 Å². The van der Waals surface area contributed by atoms with Gasteiger partial charge in [0.1, 0.15) is 17.1 Å². The number of hydrogen-bond acceptors (Lipinski definition) is 7.